The summed E-state index contributed by atoms with van der Waals surface area (Å²) in [5.41, 5.74) is 0.930. The highest BCUT2D eigenvalue weighted by molar-refractivity contribution is 5.95. The van der Waals surface area contributed by atoms with Crippen molar-refractivity contribution in [1.29, 1.82) is 0 Å². The lowest BCUT2D eigenvalue weighted by Crippen LogP contribution is -2.18. The van der Waals surface area contributed by atoms with Gasteiger partial charge in [0.15, 0.2) is 5.82 Å². The maximum absolute atomic E-state index is 12.4. The van der Waals surface area contributed by atoms with Crippen LogP contribution in [0.25, 0.3) is 5.82 Å². The second-order valence-corrected chi connectivity index (χ2v) is 7.07. The van der Waals surface area contributed by atoms with Crippen LogP contribution in [0.2, 0.25) is 0 Å². The van der Waals surface area contributed by atoms with Crippen molar-refractivity contribution in [3.05, 3.63) is 31.0 Å². The van der Waals surface area contributed by atoms with Gasteiger partial charge in [0.2, 0.25) is 5.91 Å². The SMILES string of the molecule is CC(C)(C)C[C@@H]1C[C@H]1C(=O)Nc1cccnc1-n1cncn1. The van der Waals surface area contributed by atoms with Crippen molar-refractivity contribution in [1.82, 2.24) is 19.7 Å². The van der Waals surface area contributed by atoms with Crippen LogP contribution in [0.1, 0.15) is 33.6 Å². The fraction of sp³-hybridized carbons (Fsp3) is 0.500. The first-order chi connectivity index (χ1) is 10.4. The summed E-state index contributed by atoms with van der Waals surface area (Å²) < 4.78 is 1.55. The molecule has 22 heavy (non-hydrogen) atoms. The molecule has 0 saturated heterocycles. The quantitative estimate of drug-likeness (QED) is 0.942. The van der Waals surface area contributed by atoms with Gasteiger partial charge in [-0.25, -0.2) is 14.6 Å². The molecule has 2 aromatic heterocycles. The molecular weight excluding hydrogens is 278 g/mol. The van der Waals surface area contributed by atoms with Crippen molar-refractivity contribution in [3.8, 4) is 5.82 Å². The van der Waals surface area contributed by atoms with Crippen molar-refractivity contribution in [2.24, 2.45) is 17.3 Å². The topological polar surface area (TPSA) is 72.7 Å². The molecule has 2 heterocycles. The molecule has 1 amide bonds. The lowest BCUT2D eigenvalue weighted by atomic mass is 9.89. The van der Waals surface area contributed by atoms with Gasteiger partial charge in [0.1, 0.15) is 12.7 Å². The fourth-order valence-electron chi connectivity index (χ4n) is 2.80. The summed E-state index contributed by atoms with van der Waals surface area (Å²) in [7, 11) is 0. The van der Waals surface area contributed by atoms with Gasteiger partial charge < -0.3 is 5.32 Å². The van der Waals surface area contributed by atoms with Gasteiger partial charge in [-0.3, -0.25) is 4.79 Å². The van der Waals surface area contributed by atoms with Crippen LogP contribution in [-0.4, -0.2) is 25.7 Å². The Labute approximate surface area is 130 Å². The molecule has 3 rings (SSSR count). The first kappa shape index (κ1) is 14.7. The number of rotatable bonds is 4. The molecule has 2 aromatic rings. The minimum absolute atomic E-state index is 0.0728. The van der Waals surface area contributed by atoms with E-state index in [0.29, 0.717) is 17.4 Å². The lowest BCUT2D eigenvalue weighted by molar-refractivity contribution is -0.117. The predicted molar refractivity (Wildman–Crippen MR) is 83.5 cm³/mol. The van der Waals surface area contributed by atoms with Crippen LogP contribution >= 0.6 is 0 Å². The first-order valence-corrected chi connectivity index (χ1v) is 7.55. The molecule has 0 aromatic carbocycles. The van der Waals surface area contributed by atoms with Crippen LogP contribution in [0.5, 0.6) is 0 Å². The summed E-state index contributed by atoms with van der Waals surface area (Å²) in [6, 6.07) is 3.64. The Morgan fingerprint density at radius 3 is 2.95 bits per heavy atom. The zero-order valence-electron chi connectivity index (χ0n) is 13.2. The van der Waals surface area contributed by atoms with Gasteiger partial charge in [-0.2, -0.15) is 5.10 Å². The molecule has 1 saturated carbocycles. The fourth-order valence-corrected chi connectivity index (χ4v) is 2.80. The van der Waals surface area contributed by atoms with Gasteiger partial charge in [0.05, 0.1) is 5.69 Å². The summed E-state index contributed by atoms with van der Waals surface area (Å²) in [5, 5.41) is 7.06. The molecule has 1 aliphatic rings. The minimum atomic E-state index is 0.0728. The summed E-state index contributed by atoms with van der Waals surface area (Å²) in [6.45, 7) is 6.64. The highest BCUT2D eigenvalue weighted by atomic mass is 16.2. The highest BCUT2D eigenvalue weighted by Gasteiger charge is 2.44. The van der Waals surface area contributed by atoms with Crippen molar-refractivity contribution in [2.45, 2.75) is 33.6 Å². The van der Waals surface area contributed by atoms with E-state index in [1.165, 1.54) is 6.33 Å². The number of nitrogens with one attached hydrogen (secondary N) is 1. The van der Waals surface area contributed by atoms with E-state index in [2.05, 4.69) is 41.2 Å². The van der Waals surface area contributed by atoms with E-state index in [0.717, 1.165) is 12.8 Å². The number of anilines is 1. The molecule has 0 spiro atoms. The number of pyridine rings is 1. The van der Waals surface area contributed by atoms with Crippen LogP contribution in [0.15, 0.2) is 31.0 Å². The van der Waals surface area contributed by atoms with E-state index in [9.17, 15) is 4.79 Å². The highest BCUT2D eigenvalue weighted by Crippen LogP contribution is 2.46. The largest absolute Gasteiger partial charge is 0.323 e. The van der Waals surface area contributed by atoms with Gasteiger partial charge in [-0.1, -0.05) is 20.8 Å². The predicted octanol–water partition coefficient (Wildman–Crippen LogP) is 2.67. The molecule has 1 aliphatic carbocycles. The summed E-state index contributed by atoms with van der Waals surface area (Å²) in [6.07, 6.45) is 6.74. The summed E-state index contributed by atoms with van der Waals surface area (Å²) >= 11 is 0. The van der Waals surface area contributed by atoms with Crippen molar-refractivity contribution < 1.29 is 4.79 Å². The number of carbonyl (C=O) groups excluding carboxylic acids is 1. The zero-order valence-corrected chi connectivity index (χ0v) is 13.2. The van der Waals surface area contributed by atoms with E-state index in [1.54, 1.807) is 23.3 Å². The van der Waals surface area contributed by atoms with E-state index >= 15 is 0 Å². The number of carbonyl (C=O) groups is 1. The number of hydrogen-bond donors (Lipinski definition) is 1. The maximum Gasteiger partial charge on any atom is 0.227 e. The maximum atomic E-state index is 12.4. The Hall–Kier alpha value is -2.24. The second kappa shape index (κ2) is 5.51. The number of amides is 1. The molecular formula is C16H21N5O. The normalized spacial score (nSPS) is 20.7. The Bertz CT molecular complexity index is 659. The average molecular weight is 299 g/mol. The van der Waals surface area contributed by atoms with Crippen LogP contribution in [0, 0.1) is 17.3 Å². The van der Waals surface area contributed by atoms with Crippen LogP contribution in [-0.2, 0) is 4.79 Å². The molecule has 2 atom stereocenters. The standard InChI is InChI=1S/C16H21N5O/c1-16(2,3)8-11-7-12(11)15(22)20-13-5-4-6-18-14(13)21-10-17-9-19-21/h4-6,9-12H,7-8H2,1-3H3,(H,20,22)/t11-,12+/m0/s1. The minimum Gasteiger partial charge on any atom is -0.323 e. The van der Waals surface area contributed by atoms with Crippen LogP contribution in [0.4, 0.5) is 5.69 Å². The molecule has 0 unspecified atom stereocenters. The summed E-state index contributed by atoms with van der Waals surface area (Å²) in [5.74, 6) is 1.26. The number of hydrogen-bond acceptors (Lipinski definition) is 4. The molecule has 0 aliphatic heterocycles. The molecule has 1 N–H and O–H groups in total. The molecule has 0 radical (unpaired) electrons. The monoisotopic (exact) mass is 299 g/mol. The average Bonchev–Trinajstić information content (AvgIpc) is 2.99. The zero-order chi connectivity index (χ0) is 15.7. The van der Waals surface area contributed by atoms with E-state index in [4.69, 9.17) is 0 Å². The summed E-state index contributed by atoms with van der Waals surface area (Å²) in [4.78, 5) is 20.6. The number of nitrogens with zero attached hydrogens (tertiary/aromatic N) is 4. The third kappa shape index (κ3) is 3.32. The lowest BCUT2D eigenvalue weighted by Gasteiger charge is -2.17. The van der Waals surface area contributed by atoms with Crippen molar-refractivity contribution in [3.63, 3.8) is 0 Å². The van der Waals surface area contributed by atoms with Gasteiger partial charge in [-0.05, 0) is 36.3 Å². The molecule has 6 nitrogen and oxygen atoms in total. The molecule has 0 bridgehead atoms. The smallest absolute Gasteiger partial charge is 0.227 e. The Morgan fingerprint density at radius 2 is 2.27 bits per heavy atom. The van der Waals surface area contributed by atoms with E-state index in [-0.39, 0.29) is 17.2 Å². The van der Waals surface area contributed by atoms with Crippen molar-refractivity contribution in [2.75, 3.05) is 5.32 Å². The Kier molecular flexibility index (Phi) is 3.68. The number of aromatic nitrogens is 4. The van der Waals surface area contributed by atoms with Crippen LogP contribution < -0.4 is 5.32 Å². The van der Waals surface area contributed by atoms with Gasteiger partial charge in [-0.15, -0.1) is 0 Å². The second-order valence-electron chi connectivity index (χ2n) is 7.07. The van der Waals surface area contributed by atoms with E-state index < -0.39 is 0 Å². The third-order valence-corrected chi connectivity index (χ3v) is 3.81. The van der Waals surface area contributed by atoms with Gasteiger partial charge >= 0.3 is 0 Å². The van der Waals surface area contributed by atoms with E-state index in [1.807, 2.05) is 6.07 Å². The molecule has 116 valence electrons. The van der Waals surface area contributed by atoms with Crippen LogP contribution in [0.3, 0.4) is 0 Å². The van der Waals surface area contributed by atoms with Gasteiger partial charge in [0, 0.05) is 12.1 Å². The third-order valence-electron chi connectivity index (χ3n) is 3.81. The Morgan fingerprint density at radius 1 is 1.45 bits per heavy atom. The first-order valence-electron chi connectivity index (χ1n) is 7.55. The molecule has 6 heteroatoms. The van der Waals surface area contributed by atoms with Crippen molar-refractivity contribution >= 4 is 11.6 Å². The van der Waals surface area contributed by atoms with Gasteiger partial charge in [0.25, 0.3) is 0 Å². The Balaban J connectivity index is 1.69. The molecule has 1 fully saturated rings.